The summed E-state index contributed by atoms with van der Waals surface area (Å²) in [6.07, 6.45) is 2.03. The molecule has 1 amide bonds. The zero-order valence-corrected chi connectivity index (χ0v) is 9.60. The van der Waals surface area contributed by atoms with Gasteiger partial charge in [0, 0.05) is 25.3 Å². The van der Waals surface area contributed by atoms with Crippen LogP contribution in [-0.2, 0) is 11.3 Å². The van der Waals surface area contributed by atoms with Crippen LogP contribution in [0.3, 0.4) is 0 Å². The quantitative estimate of drug-likeness (QED) is 0.836. The largest absolute Gasteiger partial charge is 0.359 e. The van der Waals surface area contributed by atoms with Crippen molar-refractivity contribution in [2.45, 2.75) is 13.5 Å². The summed E-state index contributed by atoms with van der Waals surface area (Å²) in [5.41, 5.74) is 1.18. The topological polar surface area (TPSA) is 34.0 Å². The molecule has 0 radical (unpaired) electrons. The zero-order valence-electron chi connectivity index (χ0n) is 9.60. The van der Waals surface area contributed by atoms with Gasteiger partial charge in [0.2, 0.25) is 5.91 Å². The lowest BCUT2D eigenvalue weighted by Gasteiger charge is -2.11. The van der Waals surface area contributed by atoms with E-state index in [-0.39, 0.29) is 11.8 Å². The van der Waals surface area contributed by atoms with Crippen LogP contribution < -0.4 is 5.32 Å². The summed E-state index contributed by atoms with van der Waals surface area (Å²) in [6, 6.07) is 10.3. The van der Waals surface area contributed by atoms with E-state index in [0.717, 1.165) is 0 Å². The van der Waals surface area contributed by atoms with Gasteiger partial charge in [0.1, 0.15) is 0 Å². The number of para-hydroxylation sites is 1. The molecule has 1 aromatic heterocycles. The molecule has 0 saturated carbocycles. The Morgan fingerprint density at radius 3 is 2.88 bits per heavy atom. The maximum absolute atomic E-state index is 11.4. The Balaban J connectivity index is 2.24. The van der Waals surface area contributed by atoms with Crippen molar-refractivity contribution in [2.75, 3.05) is 7.05 Å². The van der Waals surface area contributed by atoms with E-state index >= 15 is 0 Å². The van der Waals surface area contributed by atoms with E-state index in [1.54, 1.807) is 7.05 Å². The number of carbonyl (C=O) groups is 1. The van der Waals surface area contributed by atoms with Crippen LogP contribution in [0.2, 0.25) is 0 Å². The Bertz CT molecular complexity index is 501. The lowest BCUT2D eigenvalue weighted by Crippen LogP contribution is -2.28. The van der Waals surface area contributed by atoms with Crippen molar-refractivity contribution < 1.29 is 4.79 Å². The molecule has 1 unspecified atom stereocenters. The predicted molar refractivity (Wildman–Crippen MR) is 65.2 cm³/mol. The first-order valence-electron chi connectivity index (χ1n) is 5.48. The SMILES string of the molecule is CNC(=O)C(C)Cn1ccc2ccccc21. The Labute approximate surface area is 95.1 Å². The highest BCUT2D eigenvalue weighted by Crippen LogP contribution is 2.16. The number of aromatic nitrogens is 1. The summed E-state index contributed by atoms with van der Waals surface area (Å²) in [5.74, 6) is 0.0681. The van der Waals surface area contributed by atoms with Crippen molar-refractivity contribution in [1.82, 2.24) is 9.88 Å². The molecule has 2 rings (SSSR count). The molecule has 0 fully saturated rings. The maximum atomic E-state index is 11.4. The number of nitrogens with one attached hydrogen (secondary N) is 1. The highest BCUT2D eigenvalue weighted by molar-refractivity contribution is 5.81. The second kappa shape index (κ2) is 4.39. The van der Waals surface area contributed by atoms with Crippen molar-refractivity contribution in [3.05, 3.63) is 36.5 Å². The number of rotatable bonds is 3. The summed E-state index contributed by atoms with van der Waals surface area (Å²) in [7, 11) is 1.67. The minimum Gasteiger partial charge on any atom is -0.359 e. The van der Waals surface area contributed by atoms with Gasteiger partial charge in [0.25, 0.3) is 0 Å². The van der Waals surface area contributed by atoms with E-state index in [2.05, 4.69) is 28.1 Å². The molecule has 0 aliphatic rings. The van der Waals surface area contributed by atoms with Crippen molar-refractivity contribution in [3.63, 3.8) is 0 Å². The molecular formula is C13H16N2O. The summed E-state index contributed by atoms with van der Waals surface area (Å²) in [5, 5.41) is 3.89. The third-order valence-electron chi connectivity index (χ3n) is 2.84. The minimum atomic E-state index is -0.0131. The fraction of sp³-hybridized carbons (Fsp3) is 0.308. The Morgan fingerprint density at radius 1 is 1.38 bits per heavy atom. The molecule has 16 heavy (non-hydrogen) atoms. The van der Waals surface area contributed by atoms with E-state index in [9.17, 15) is 4.79 Å². The first-order valence-corrected chi connectivity index (χ1v) is 5.48. The monoisotopic (exact) mass is 216 g/mol. The molecule has 0 saturated heterocycles. The third-order valence-corrected chi connectivity index (χ3v) is 2.84. The molecule has 2 aromatic rings. The van der Waals surface area contributed by atoms with Gasteiger partial charge in [0.05, 0.1) is 5.92 Å². The van der Waals surface area contributed by atoms with E-state index in [1.165, 1.54) is 10.9 Å². The second-order valence-electron chi connectivity index (χ2n) is 4.04. The molecule has 1 atom stereocenters. The highest BCUT2D eigenvalue weighted by Gasteiger charge is 2.12. The normalized spacial score (nSPS) is 12.6. The smallest absolute Gasteiger partial charge is 0.224 e. The van der Waals surface area contributed by atoms with Crippen molar-refractivity contribution in [3.8, 4) is 0 Å². The van der Waals surface area contributed by atoms with Crippen LogP contribution >= 0.6 is 0 Å². The molecule has 0 bridgehead atoms. The van der Waals surface area contributed by atoms with Crippen LogP contribution in [-0.4, -0.2) is 17.5 Å². The van der Waals surface area contributed by atoms with Gasteiger partial charge in [-0.3, -0.25) is 4.79 Å². The molecule has 1 aromatic carbocycles. The summed E-state index contributed by atoms with van der Waals surface area (Å²) >= 11 is 0. The van der Waals surface area contributed by atoms with Gasteiger partial charge in [-0.05, 0) is 17.5 Å². The molecule has 0 aliphatic carbocycles. The summed E-state index contributed by atoms with van der Waals surface area (Å²) < 4.78 is 2.12. The molecule has 3 nitrogen and oxygen atoms in total. The van der Waals surface area contributed by atoms with Crippen molar-refractivity contribution in [2.24, 2.45) is 5.92 Å². The Hall–Kier alpha value is -1.77. The number of hydrogen-bond donors (Lipinski definition) is 1. The molecule has 84 valence electrons. The van der Waals surface area contributed by atoms with Crippen LogP contribution in [0.1, 0.15) is 6.92 Å². The van der Waals surface area contributed by atoms with Crippen molar-refractivity contribution >= 4 is 16.8 Å². The van der Waals surface area contributed by atoms with Gasteiger partial charge in [-0.2, -0.15) is 0 Å². The lowest BCUT2D eigenvalue weighted by atomic mass is 10.1. The van der Waals surface area contributed by atoms with E-state index in [1.807, 2.05) is 25.3 Å². The highest BCUT2D eigenvalue weighted by atomic mass is 16.1. The van der Waals surface area contributed by atoms with Crippen LogP contribution in [0.25, 0.3) is 10.9 Å². The van der Waals surface area contributed by atoms with Crippen LogP contribution in [0.15, 0.2) is 36.5 Å². The number of nitrogens with zero attached hydrogens (tertiary/aromatic N) is 1. The molecule has 0 aliphatic heterocycles. The van der Waals surface area contributed by atoms with Gasteiger partial charge in [-0.1, -0.05) is 25.1 Å². The predicted octanol–water partition coefficient (Wildman–Crippen LogP) is 2.02. The van der Waals surface area contributed by atoms with Gasteiger partial charge in [-0.15, -0.1) is 0 Å². The van der Waals surface area contributed by atoms with Crippen LogP contribution in [0.4, 0.5) is 0 Å². The van der Waals surface area contributed by atoms with Gasteiger partial charge in [-0.25, -0.2) is 0 Å². The maximum Gasteiger partial charge on any atom is 0.224 e. The number of benzene rings is 1. The lowest BCUT2D eigenvalue weighted by molar-refractivity contribution is -0.124. The molecule has 1 N–H and O–H groups in total. The fourth-order valence-corrected chi connectivity index (χ4v) is 1.92. The fourth-order valence-electron chi connectivity index (χ4n) is 1.92. The Kier molecular flexibility index (Phi) is 2.95. The summed E-state index contributed by atoms with van der Waals surface area (Å²) in [4.78, 5) is 11.4. The first-order chi connectivity index (χ1) is 7.72. The van der Waals surface area contributed by atoms with E-state index in [0.29, 0.717) is 6.54 Å². The zero-order chi connectivity index (χ0) is 11.5. The number of carbonyl (C=O) groups excluding carboxylic acids is 1. The molecule has 1 heterocycles. The summed E-state index contributed by atoms with van der Waals surface area (Å²) in [6.45, 7) is 2.65. The van der Waals surface area contributed by atoms with E-state index < -0.39 is 0 Å². The average molecular weight is 216 g/mol. The number of hydrogen-bond acceptors (Lipinski definition) is 1. The van der Waals surface area contributed by atoms with Gasteiger partial charge in [0.15, 0.2) is 0 Å². The van der Waals surface area contributed by atoms with Crippen LogP contribution in [0, 0.1) is 5.92 Å². The van der Waals surface area contributed by atoms with Gasteiger partial charge < -0.3 is 9.88 Å². The molecule has 0 spiro atoms. The second-order valence-corrected chi connectivity index (χ2v) is 4.04. The Morgan fingerprint density at radius 2 is 2.12 bits per heavy atom. The van der Waals surface area contributed by atoms with Crippen LogP contribution in [0.5, 0.6) is 0 Å². The minimum absolute atomic E-state index is 0.0131. The van der Waals surface area contributed by atoms with E-state index in [4.69, 9.17) is 0 Å². The molecule has 3 heteroatoms. The van der Waals surface area contributed by atoms with Gasteiger partial charge >= 0.3 is 0 Å². The average Bonchev–Trinajstić information content (AvgIpc) is 2.72. The first kappa shape index (κ1) is 10.7. The molecular weight excluding hydrogens is 200 g/mol. The number of fused-ring (bicyclic) bond motifs is 1. The number of amides is 1. The standard InChI is InChI=1S/C13H16N2O/c1-10(13(16)14-2)9-15-8-7-11-5-3-4-6-12(11)15/h3-8,10H,9H2,1-2H3,(H,14,16). The van der Waals surface area contributed by atoms with Crippen molar-refractivity contribution in [1.29, 1.82) is 0 Å². The third kappa shape index (κ3) is 1.94.